The third-order valence-electron chi connectivity index (χ3n) is 4.29. The Kier molecular flexibility index (Phi) is 4.17. The van der Waals surface area contributed by atoms with Gasteiger partial charge in [0, 0.05) is 24.3 Å². The van der Waals surface area contributed by atoms with Crippen LogP contribution in [0.1, 0.15) is 36.1 Å². The largest absolute Gasteiger partial charge is 0.346 e. The van der Waals surface area contributed by atoms with E-state index in [2.05, 4.69) is 20.3 Å². The van der Waals surface area contributed by atoms with Crippen LogP contribution in [0.15, 0.2) is 24.7 Å². The number of aromatic nitrogens is 4. The van der Waals surface area contributed by atoms with E-state index < -0.39 is 0 Å². The predicted octanol–water partition coefficient (Wildman–Crippen LogP) is 3.48. The van der Waals surface area contributed by atoms with Gasteiger partial charge in [-0.05, 0) is 31.7 Å². The van der Waals surface area contributed by atoms with Crippen LogP contribution in [0, 0.1) is 12.8 Å². The molecule has 1 aliphatic carbocycles. The number of imidazole rings is 2. The van der Waals surface area contributed by atoms with Crippen LogP contribution in [0.2, 0.25) is 10.0 Å². The molecule has 0 saturated heterocycles. The zero-order valence-electron chi connectivity index (χ0n) is 13.6. The van der Waals surface area contributed by atoms with E-state index in [0.29, 0.717) is 27.3 Å². The number of aromatic amines is 1. The molecular formula is C17H17Cl2N5O. The quantitative estimate of drug-likeness (QED) is 0.714. The molecule has 25 heavy (non-hydrogen) atoms. The lowest BCUT2D eigenvalue weighted by Gasteiger charge is -2.15. The molecule has 4 rings (SSSR count). The van der Waals surface area contributed by atoms with E-state index in [9.17, 15) is 4.79 Å². The molecule has 130 valence electrons. The van der Waals surface area contributed by atoms with Gasteiger partial charge in [-0.15, -0.1) is 0 Å². The molecule has 0 radical (unpaired) electrons. The number of aryl methyl sites for hydroxylation is 1. The van der Waals surface area contributed by atoms with Crippen molar-refractivity contribution in [2.75, 3.05) is 0 Å². The Hall–Kier alpha value is -2.05. The number of hydrogen-bond acceptors (Lipinski definition) is 3. The normalized spacial score (nSPS) is 15.5. The van der Waals surface area contributed by atoms with Gasteiger partial charge in [0.1, 0.15) is 5.82 Å². The Morgan fingerprint density at radius 3 is 2.92 bits per heavy atom. The summed E-state index contributed by atoms with van der Waals surface area (Å²) < 4.78 is 1.74. The second kappa shape index (κ2) is 6.35. The summed E-state index contributed by atoms with van der Waals surface area (Å²) >= 11 is 12.1. The summed E-state index contributed by atoms with van der Waals surface area (Å²) in [6.45, 7) is 1.95. The van der Waals surface area contributed by atoms with Crippen molar-refractivity contribution in [1.29, 1.82) is 0 Å². The van der Waals surface area contributed by atoms with Crippen LogP contribution >= 0.6 is 23.2 Å². The van der Waals surface area contributed by atoms with E-state index in [-0.39, 0.29) is 18.4 Å². The summed E-state index contributed by atoms with van der Waals surface area (Å²) in [6.07, 6.45) is 7.66. The Balaban J connectivity index is 1.50. The van der Waals surface area contributed by atoms with E-state index in [1.165, 1.54) is 0 Å². The summed E-state index contributed by atoms with van der Waals surface area (Å²) in [7, 11) is 0. The number of pyridine rings is 1. The fourth-order valence-electron chi connectivity index (χ4n) is 2.98. The molecule has 1 amide bonds. The highest BCUT2D eigenvalue weighted by molar-refractivity contribution is 6.36. The molecule has 1 fully saturated rings. The first-order chi connectivity index (χ1) is 12.0. The monoisotopic (exact) mass is 377 g/mol. The number of hydrogen-bond donors (Lipinski definition) is 2. The minimum Gasteiger partial charge on any atom is -0.346 e. The summed E-state index contributed by atoms with van der Waals surface area (Å²) in [5, 5.41) is 4.07. The van der Waals surface area contributed by atoms with Crippen LogP contribution < -0.4 is 5.32 Å². The van der Waals surface area contributed by atoms with Crippen LogP contribution in [-0.2, 0) is 11.2 Å². The van der Waals surface area contributed by atoms with Crippen LogP contribution in [0.5, 0.6) is 0 Å². The lowest BCUT2D eigenvalue weighted by Crippen LogP contribution is -2.32. The first-order valence-corrected chi connectivity index (χ1v) is 8.88. The fourth-order valence-corrected chi connectivity index (χ4v) is 3.51. The molecule has 0 spiro atoms. The van der Waals surface area contributed by atoms with Gasteiger partial charge >= 0.3 is 0 Å². The minimum absolute atomic E-state index is 0.0729. The molecule has 0 bridgehead atoms. The van der Waals surface area contributed by atoms with Gasteiger partial charge in [-0.3, -0.25) is 4.79 Å². The highest BCUT2D eigenvalue weighted by Gasteiger charge is 2.35. The third kappa shape index (κ3) is 3.50. The average Bonchev–Trinajstić information content (AvgIpc) is 3.17. The molecule has 3 heterocycles. The first-order valence-electron chi connectivity index (χ1n) is 8.13. The maximum Gasteiger partial charge on any atom is 0.226 e. The summed E-state index contributed by atoms with van der Waals surface area (Å²) in [4.78, 5) is 24.5. The third-order valence-corrected chi connectivity index (χ3v) is 4.78. The second-order valence-electron chi connectivity index (χ2n) is 6.48. The molecule has 0 aliphatic heterocycles. The number of carbonyl (C=O) groups excluding carboxylic acids is 1. The smallest absolute Gasteiger partial charge is 0.226 e. The van der Waals surface area contributed by atoms with Gasteiger partial charge in [-0.1, -0.05) is 23.2 Å². The highest BCUT2D eigenvalue weighted by Crippen LogP contribution is 2.40. The number of fused-ring (bicyclic) bond motifs is 1. The van der Waals surface area contributed by atoms with Crippen molar-refractivity contribution in [3.05, 3.63) is 51.9 Å². The number of H-pyrrole nitrogens is 1. The van der Waals surface area contributed by atoms with Gasteiger partial charge in [0.05, 0.1) is 28.2 Å². The zero-order valence-corrected chi connectivity index (χ0v) is 15.1. The molecule has 3 aromatic heterocycles. The zero-order chi connectivity index (χ0) is 17.6. The fraction of sp³-hybridized carbons (Fsp3) is 0.353. The summed E-state index contributed by atoms with van der Waals surface area (Å²) in [5.41, 5.74) is 2.22. The lowest BCUT2D eigenvalue weighted by molar-refractivity contribution is -0.121. The van der Waals surface area contributed by atoms with E-state index in [1.54, 1.807) is 29.1 Å². The number of carbonyl (C=O) groups is 1. The Labute approximate surface area is 154 Å². The molecule has 1 saturated carbocycles. The van der Waals surface area contributed by atoms with Crippen LogP contribution in [0.4, 0.5) is 0 Å². The van der Waals surface area contributed by atoms with Crippen LogP contribution in [0.25, 0.3) is 5.65 Å². The molecule has 1 atom stereocenters. The van der Waals surface area contributed by atoms with Crippen molar-refractivity contribution in [2.24, 2.45) is 5.92 Å². The van der Waals surface area contributed by atoms with E-state index >= 15 is 0 Å². The van der Waals surface area contributed by atoms with Gasteiger partial charge < -0.3 is 14.7 Å². The molecule has 2 N–H and O–H groups in total. The molecular weight excluding hydrogens is 361 g/mol. The average molecular weight is 378 g/mol. The number of nitrogens with zero attached hydrogens (tertiary/aromatic N) is 3. The van der Waals surface area contributed by atoms with Gasteiger partial charge in [-0.25, -0.2) is 9.97 Å². The van der Waals surface area contributed by atoms with E-state index in [0.717, 1.165) is 24.4 Å². The van der Waals surface area contributed by atoms with E-state index in [4.69, 9.17) is 23.2 Å². The van der Waals surface area contributed by atoms with Crippen molar-refractivity contribution in [3.8, 4) is 0 Å². The molecule has 1 aliphatic rings. The van der Waals surface area contributed by atoms with Crippen LogP contribution in [0.3, 0.4) is 0 Å². The van der Waals surface area contributed by atoms with E-state index in [1.807, 2.05) is 6.92 Å². The molecule has 3 aromatic rings. The lowest BCUT2D eigenvalue weighted by atomic mass is 10.1. The molecule has 6 nitrogen and oxygen atoms in total. The standard InChI is InChI=1S/C17H17Cl2N5O/c1-9-6-20-16(21-9)15(10-2-3-10)23-14(25)5-12-8-24-7-11(18)4-13(19)17(24)22-12/h4,6-8,10,15H,2-3,5H2,1H3,(H,20,21)(H,23,25). The highest BCUT2D eigenvalue weighted by atomic mass is 35.5. The SMILES string of the molecule is Cc1cnc(C(NC(=O)Cc2cn3cc(Cl)cc(Cl)c3n2)C2CC2)[nH]1. The number of nitrogens with one attached hydrogen (secondary N) is 2. The van der Waals surface area contributed by atoms with Crippen molar-refractivity contribution in [3.63, 3.8) is 0 Å². The number of amides is 1. The Bertz CT molecular complexity index is 944. The maximum atomic E-state index is 12.5. The van der Waals surface area contributed by atoms with Gasteiger partial charge in [0.2, 0.25) is 5.91 Å². The van der Waals surface area contributed by atoms with Gasteiger partial charge in [0.25, 0.3) is 0 Å². The Morgan fingerprint density at radius 1 is 1.44 bits per heavy atom. The van der Waals surface area contributed by atoms with Crippen molar-refractivity contribution in [2.45, 2.75) is 32.2 Å². The Morgan fingerprint density at radius 2 is 2.24 bits per heavy atom. The topological polar surface area (TPSA) is 75.1 Å². The molecule has 0 aromatic carbocycles. The summed E-state index contributed by atoms with van der Waals surface area (Å²) in [6, 6.07) is 1.56. The van der Waals surface area contributed by atoms with Crippen LogP contribution in [-0.4, -0.2) is 25.3 Å². The maximum absolute atomic E-state index is 12.5. The molecule has 1 unspecified atom stereocenters. The predicted molar refractivity (Wildman–Crippen MR) is 95.8 cm³/mol. The number of rotatable bonds is 5. The van der Waals surface area contributed by atoms with Crippen molar-refractivity contribution >= 4 is 34.8 Å². The van der Waals surface area contributed by atoms with Crippen molar-refractivity contribution < 1.29 is 4.79 Å². The second-order valence-corrected chi connectivity index (χ2v) is 7.32. The van der Waals surface area contributed by atoms with Crippen molar-refractivity contribution in [1.82, 2.24) is 24.7 Å². The molecule has 8 heteroatoms. The van der Waals surface area contributed by atoms with Gasteiger partial charge in [-0.2, -0.15) is 0 Å². The first kappa shape index (κ1) is 16.4. The minimum atomic E-state index is -0.0865. The summed E-state index contributed by atoms with van der Waals surface area (Å²) in [5.74, 6) is 1.18. The van der Waals surface area contributed by atoms with Gasteiger partial charge in [0.15, 0.2) is 5.65 Å². The number of halogens is 2.